The van der Waals surface area contributed by atoms with Crippen LogP contribution >= 0.6 is 11.6 Å². The van der Waals surface area contributed by atoms with Crippen LogP contribution in [0.15, 0.2) is 54.6 Å². The molecule has 2 aromatic carbocycles. The molecule has 1 aliphatic heterocycles. The van der Waals surface area contributed by atoms with Crippen molar-refractivity contribution in [2.75, 3.05) is 32.7 Å². The van der Waals surface area contributed by atoms with Gasteiger partial charge in [0.05, 0.1) is 12.6 Å². The molecule has 26 heavy (non-hydrogen) atoms. The van der Waals surface area contributed by atoms with Gasteiger partial charge in [-0.05, 0) is 24.1 Å². The Morgan fingerprint density at radius 1 is 1.00 bits per heavy atom. The highest BCUT2D eigenvalue weighted by atomic mass is 35.5. The summed E-state index contributed by atoms with van der Waals surface area (Å²) in [4.78, 5) is 16.9. The molecule has 1 aliphatic rings. The Hall–Kier alpha value is -1.88. The Morgan fingerprint density at radius 2 is 1.62 bits per heavy atom. The van der Waals surface area contributed by atoms with Crippen molar-refractivity contribution in [1.29, 1.82) is 0 Å². The minimum Gasteiger partial charge on any atom is -0.348 e. The molecule has 1 atom stereocenters. The van der Waals surface area contributed by atoms with Gasteiger partial charge in [0.2, 0.25) is 5.91 Å². The Bertz CT molecular complexity index is 714. The van der Waals surface area contributed by atoms with Gasteiger partial charge in [-0.15, -0.1) is 0 Å². The number of hydrogen-bond donors (Lipinski definition) is 1. The maximum absolute atomic E-state index is 12.3. The van der Waals surface area contributed by atoms with Crippen LogP contribution in [0.1, 0.15) is 24.1 Å². The summed E-state index contributed by atoms with van der Waals surface area (Å²) in [7, 11) is 0. The van der Waals surface area contributed by atoms with Crippen molar-refractivity contribution >= 4 is 17.5 Å². The van der Waals surface area contributed by atoms with Gasteiger partial charge in [0.25, 0.3) is 0 Å². The molecule has 0 bridgehead atoms. The smallest absolute Gasteiger partial charge is 0.234 e. The summed E-state index contributed by atoms with van der Waals surface area (Å²) in [5.41, 5.74) is 2.29. The van der Waals surface area contributed by atoms with E-state index in [1.807, 2.05) is 55.5 Å². The molecular formula is C21H26ClN3O. The standard InChI is InChI=1S/C21H26ClN3O/c1-17(18-7-3-2-4-8-18)23-21(26)16-25-13-11-24(12-14-25)15-19-9-5-6-10-20(19)22/h2-10,17H,11-16H2,1H3,(H,23,26). The predicted octanol–water partition coefficient (Wildman–Crippen LogP) is 3.34. The molecule has 5 heteroatoms. The number of carbonyl (C=O) groups excluding carboxylic acids is 1. The van der Waals surface area contributed by atoms with Gasteiger partial charge in [-0.2, -0.15) is 0 Å². The zero-order chi connectivity index (χ0) is 18.4. The Labute approximate surface area is 160 Å². The molecule has 0 saturated carbocycles. The number of halogens is 1. The van der Waals surface area contributed by atoms with E-state index in [-0.39, 0.29) is 11.9 Å². The van der Waals surface area contributed by atoms with Gasteiger partial charge in [-0.3, -0.25) is 14.6 Å². The topological polar surface area (TPSA) is 35.6 Å². The van der Waals surface area contributed by atoms with Crippen molar-refractivity contribution in [2.24, 2.45) is 0 Å². The van der Waals surface area contributed by atoms with Crippen LogP contribution in [-0.2, 0) is 11.3 Å². The monoisotopic (exact) mass is 371 g/mol. The van der Waals surface area contributed by atoms with Crippen molar-refractivity contribution in [3.63, 3.8) is 0 Å². The molecule has 0 spiro atoms. The molecule has 138 valence electrons. The average molecular weight is 372 g/mol. The van der Waals surface area contributed by atoms with Crippen LogP contribution in [0.5, 0.6) is 0 Å². The van der Waals surface area contributed by atoms with Gasteiger partial charge < -0.3 is 5.32 Å². The summed E-state index contributed by atoms with van der Waals surface area (Å²) in [6.07, 6.45) is 0. The molecule has 1 N–H and O–H groups in total. The molecule has 1 heterocycles. The fourth-order valence-corrected chi connectivity index (χ4v) is 3.48. The largest absolute Gasteiger partial charge is 0.348 e. The predicted molar refractivity (Wildman–Crippen MR) is 106 cm³/mol. The van der Waals surface area contributed by atoms with Crippen molar-refractivity contribution in [3.8, 4) is 0 Å². The third kappa shape index (κ3) is 5.31. The highest BCUT2D eigenvalue weighted by Gasteiger charge is 2.20. The van der Waals surface area contributed by atoms with E-state index in [9.17, 15) is 4.79 Å². The first-order chi connectivity index (χ1) is 12.6. The first-order valence-electron chi connectivity index (χ1n) is 9.14. The number of piperazine rings is 1. The lowest BCUT2D eigenvalue weighted by molar-refractivity contribution is -0.123. The molecule has 4 nitrogen and oxygen atoms in total. The molecule has 3 rings (SSSR count). The highest BCUT2D eigenvalue weighted by molar-refractivity contribution is 6.31. The molecule has 0 radical (unpaired) electrons. The maximum Gasteiger partial charge on any atom is 0.234 e. The summed E-state index contributed by atoms with van der Waals surface area (Å²) in [5.74, 6) is 0.0842. The van der Waals surface area contributed by atoms with Gasteiger partial charge in [0, 0.05) is 37.7 Å². The highest BCUT2D eigenvalue weighted by Crippen LogP contribution is 2.18. The van der Waals surface area contributed by atoms with Gasteiger partial charge in [0.15, 0.2) is 0 Å². The van der Waals surface area contributed by atoms with E-state index in [1.54, 1.807) is 0 Å². The van der Waals surface area contributed by atoms with Crippen molar-refractivity contribution in [2.45, 2.75) is 19.5 Å². The molecule has 0 aromatic heterocycles. The van der Waals surface area contributed by atoms with Crippen LogP contribution < -0.4 is 5.32 Å². The third-order valence-corrected chi connectivity index (χ3v) is 5.23. The maximum atomic E-state index is 12.3. The van der Waals surface area contributed by atoms with E-state index < -0.39 is 0 Å². The summed E-state index contributed by atoms with van der Waals surface area (Å²) < 4.78 is 0. The van der Waals surface area contributed by atoms with Crippen LogP contribution in [0.3, 0.4) is 0 Å². The van der Waals surface area contributed by atoms with E-state index in [0.29, 0.717) is 6.54 Å². The third-order valence-electron chi connectivity index (χ3n) is 4.86. The zero-order valence-corrected chi connectivity index (χ0v) is 16.0. The van der Waals surface area contributed by atoms with Crippen molar-refractivity contribution < 1.29 is 4.79 Å². The number of benzene rings is 2. The number of hydrogen-bond acceptors (Lipinski definition) is 3. The zero-order valence-electron chi connectivity index (χ0n) is 15.2. The van der Waals surface area contributed by atoms with Crippen LogP contribution in [0, 0.1) is 0 Å². The van der Waals surface area contributed by atoms with Gasteiger partial charge in [0.1, 0.15) is 0 Å². The number of nitrogens with zero attached hydrogens (tertiary/aromatic N) is 2. The minimum absolute atomic E-state index is 0.0326. The number of amides is 1. The second-order valence-electron chi connectivity index (χ2n) is 6.84. The molecule has 1 fully saturated rings. The molecule has 0 aliphatic carbocycles. The van der Waals surface area contributed by atoms with Crippen LogP contribution in [0.4, 0.5) is 0 Å². The molecule has 2 aromatic rings. The van der Waals surface area contributed by atoms with Crippen molar-refractivity contribution in [1.82, 2.24) is 15.1 Å². The average Bonchev–Trinajstić information content (AvgIpc) is 2.66. The van der Waals surface area contributed by atoms with E-state index in [4.69, 9.17) is 11.6 Å². The van der Waals surface area contributed by atoms with E-state index >= 15 is 0 Å². The summed E-state index contributed by atoms with van der Waals surface area (Å²) in [6.45, 7) is 7.05. The molecule has 1 amide bonds. The SMILES string of the molecule is CC(NC(=O)CN1CCN(Cc2ccccc2Cl)CC1)c1ccccc1. The lowest BCUT2D eigenvalue weighted by Crippen LogP contribution is -2.49. The van der Waals surface area contributed by atoms with Crippen LogP contribution in [0.25, 0.3) is 0 Å². The first-order valence-corrected chi connectivity index (χ1v) is 9.52. The quantitative estimate of drug-likeness (QED) is 0.846. The summed E-state index contributed by atoms with van der Waals surface area (Å²) in [5, 5.41) is 3.91. The van der Waals surface area contributed by atoms with Crippen LogP contribution in [-0.4, -0.2) is 48.4 Å². The first kappa shape index (κ1) is 18.9. The molecular weight excluding hydrogens is 346 g/mol. The van der Waals surface area contributed by atoms with Crippen LogP contribution in [0.2, 0.25) is 5.02 Å². The second kappa shape index (κ2) is 9.17. The van der Waals surface area contributed by atoms with E-state index in [2.05, 4.69) is 21.2 Å². The van der Waals surface area contributed by atoms with E-state index in [0.717, 1.165) is 48.9 Å². The van der Waals surface area contributed by atoms with Gasteiger partial charge >= 0.3 is 0 Å². The summed E-state index contributed by atoms with van der Waals surface area (Å²) in [6, 6.07) is 18.1. The van der Waals surface area contributed by atoms with Crippen molar-refractivity contribution in [3.05, 3.63) is 70.7 Å². The normalized spacial score (nSPS) is 17.0. The Kier molecular flexibility index (Phi) is 6.67. The second-order valence-corrected chi connectivity index (χ2v) is 7.25. The van der Waals surface area contributed by atoms with Gasteiger partial charge in [-0.25, -0.2) is 0 Å². The molecule has 1 saturated heterocycles. The van der Waals surface area contributed by atoms with E-state index in [1.165, 1.54) is 0 Å². The fraction of sp³-hybridized carbons (Fsp3) is 0.381. The molecule has 1 unspecified atom stereocenters. The Balaban J connectivity index is 1.42. The van der Waals surface area contributed by atoms with Gasteiger partial charge in [-0.1, -0.05) is 60.1 Å². The fourth-order valence-electron chi connectivity index (χ4n) is 3.29. The lowest BCUT2D eigenvalue weighted by Gasteiger charge is -2.34. The lowest BCUT2D eigenvalue weighted by atomic mass is 10.1. The minimum atomic E-state index is 0.0326. The number of rotatable bonds is 6. The number of nitrogens with one attached hydrogen (secondary N) is 1. The Morgan fingerprint density at radius 3 is 2.31 bits per heavy atom. The number of carbonyl (C=O) groups is 1. The summed E-state index contributed by atoms with van der Waals surface area (Å²) >= 11 is 6.25.